The van der Waals surface area contributed by atoms with E-state index in [0.29, 0.717) is 19.4 Å². The predicted octanol–water partition coefficient (Wildman–Crippen LogP) is 2.28. The Morgan fingerprint density at radius 3 is 2.58 bits per heavy atom. The summed E-state index contributed by atoms with van der Waals surface area (Å²) in [6.07, 6.45) is 8.26. The van der Waals surface area contributed by atoms with Crippen LogP contribution >= 0.6 is 11.8 Å². The van der Waals surface area contributed by atoms with E-state index in [1.165, 1.54) is 11.3 Å². The Morgan fingerprint density at radius 2 is 2.00 bits per heavy atom. The minimum atomic E-state index is -0.963. The second-order valence-electron chi connectivity index (χ2n) is 9.91. The third kappa shape index (κ3) is 3.24. The number of likely N-dealkylation sites (tertiary alicyclic amines) is 1. The maximum absolute atomic E-state index is 14.2. The number of carbonyl (C=O) groups excluding carboxylic acids is 2. The zero-order chi connectivity index (χ0) is 22.6. The van der Waals surface area contributed by atoms with Crippen molar-refractivity contribution in [2.24, 2.45) is 11.8 Å². The van der Waals surface area contributed by atoms with Gasteiger partial charge in [-0.3, -0.25) is 14.4 Å². The molecular weight excluding hydrogens is 416 g/mol. The molecule has 0 aromatic heterocycles. The van der Waals surface area contributed by atoms with Crippen LogP contribution in [0.1, 0.15) is 58.8 Å². The highest BCUT2D eigenvalue weighted by Gasteiger charge is 2.77. The van der Waals surface area contributed by atoms with Crippen molar-refractivity contribution in [3.05, 3.63) is 12.7 Å². The highest BCUT2D eigenvalue weighted by Crippen LogP contribution is 2.71. The van der Waals surface area contributed by atoms with E-state index >= 15 is 0 Å². The van der Waals surface area contributed by atoms with Gasteiger partial charge >= 0.3 is 5.97 Å². The van der Waals surface area contributed by atoms with Crippen LogP contribution < -0.4 is 0 Å². The molecule has 0 aromatic carbocycles. The highest BCUT2D eigenvalue weighted by atomic mass is 32.2. The fourth-order valence-electron chi connectivity index (χ4n) is 6.69. The second kappa shape index (κ2) is 8.10. The Morgan fingerprint density at radius 1 is 1.32 bits per heavy atom. The molecular formula is C23H34N2O5S. The third-order valence-electron chi connectivity index (χ3n) is 8.08. The van der Waals surface area contributed by atoms with Gasteiger partial charge in [0.2, 0.25) is 11.8 Å². The molecule has 7 nitrogen and oxygen atoms in total. The molecule has 2 N–H and O–H groups in total. The minimum absolute atomic E-state index is 0.106. The number of nitrogens with zero attached hydrogens (tertiary/aromatic N) is 2. The molecule has 0 radical (unpaired) electrons. The van der Waals surface area contributed by atoms with Gasteiger partial charge in [0.15, 0.2) is 0 Å². The van der Waals surface area contributed by atoms with Crippen LogP contribution in [0.25, 0.3) is 0 Å². The Kier molecular flexibility index (Phi) is 5.92. The van der Waals surface area contributed by atoms with Crippen molar-refractivity contribution < 1.29 is 24.6 Å². The summed E-state index contributed by atoms with van der Waals surface area (Å²) in [4.78, 5) is 43.5. The van der Waals surface area contributed by atoms with Gasteiger partial charge in [0.1, 0.15) is 6.04 Å². The van der Waals surface area contributed by atoms with E-state index in [-0.39, 0.29) is 24.5 Å². The molecule has 3 saturated heterocycles. The van der Waals surface area contributed by atoms with Crippen LogP contribution in [0.2, 0.25) is 0 Å². The second-order valence-corrected chi connectivity index (χ2v) is 11.8. The van der Waals surface area contributed by atoms with E-state index in [2.05, 4.69) is 6.58 Å². The van der Waals surface area contributed by atoms with E-state index in [0.717, 1.165) is 25.7 Å². The SMILES string of the molecule is C=CCN(C(=O)C1N([C@H](C)CO)C(=O)[C@@H]2[C@H](C(=O)O)[C@]3(C)CCC12S3)C1CCCCC1. The Bertz CT molecular complexity index is 784. The number of carbonyl (C=O) groups is 3. The zero-order valence-electron chi connectivity index (χ0n) is 18.5. The fourth-order valence-corrected chi connectivity index (χ4v) is 9.02. The predicted molar refractivity (Wildman–Crippen MR) is 119 cm³/mol. The standard InChI is InChI=1S/C23H34N2O5S/c1-4-12-24(15-8-6-5-7-9-15)20(28)18-23-11-10-22(3,31-23)17(21(29)30)16(23)19(27)25(18)14(2)13-26/h4,14-18,26H,1,5-13H2,2-3H3,(H,29,30)/t14-,16+,17-,18?,22+,23?/m1/s1. The topological polar surface area (TPSA) is 98.2 Å². The van der Waals surface area contributed by atoms with Gasteiger partial charge in [-0.15, -0.1) is 18.3 Å². The number of fused-ring (bicyclic) bond motifs is 1. The first-order valence-corrected chi connectivity index (χ1v) is 12.3. The van der Waals surface area contributed by atoms with Crippen LogP contribution in [-0.4, -0.2) is 78.6 Å². The lowest BCUT2D eigenvalue weighted by Crippen LogP contribution is -2.58. The van der Waals surface area contributed by atoms with E-state index in [1.54, 1.807) is 24.8 Å². The number of amides is 2. The highest BCUT2D eigenvalue weighted by molar-refractivity contribution is 8.02. The monoisotopic (exact) mass is 450 g/mol. The molecule has 172 valence electrons. The van der Waals surface area contributed by atoms with Gasteiger partial charge in [0.05, 0.1) is 29.2 Å². The van der Waals surface area contributed by atoms with Crippen molar-refractivity contribution in [3.63, 3.8) is 0 Å². The molecule has 1 saturated carbocycles. The number of carboxylic acid groups (broad SMARTS) is 1. The van der Waals surface area contributed by atoms with Crippen molar-refractivity contribution in [3.8, 4) is 0 Å². The molecule has 3 aliphatic heterocycles. The number of aliphatic hydroxyl groups is 1. The first-order valence-electron chi connectivity index (χ1n) is 11.5. The average molecular weight is 451 g/mol. The van der Waals surface area contributed by atoms with Crippen molar-refractivity contribution in [2.45, 2.75) is 86.4 Å². The summed E-state index contributed by atoms with van der Waals surface area (Å²) >= 11 is 1.54. The summed E-state index contributed by atoms with van der Waals surface area (Å²) in [6, 6.07) is -1.17. The van der Waals surface area contributed by atoms with Gasteiger partial charge in [-0.25, -0.2) is 0 Å². The normalized spacial score (nSPS) is 38.2. The summed E-state index contributed by atoms with van der Waals surface area (Å²) in [5.41, 5.74) is 0. The van der Waals surface area contributed by atoms with Gasteiger partial charge in [-0.2, -0.15) is 0 Å². The number of thioether (sulfide) groups is 1. The number of hydrogen-bond donors (Lipinski definition) is 2. The van der Waals surface area contributed by atoms with E-state index in [9.17, 15) is 24.6 Å². The molecule has 1 spiro atoms. The smallest absolute Gasteiger partial charge is 0.308 e. The number of aliphatic carboxylic acids is 1. The Labute approximate surface area is 188 Å². The van der Waals surface area contributed by atoms with Crippen molar-refractivity contribution >= 4 is 29.5 Å². The molecule has 0 aromatic rings. The first kappa shape index (κ1) is 22.6. The van der Waals surface area contributed by atoms with Crippen molar-refractivity contribution in [2.75, 3.05) is 13.2 Å². The maximum Gasteiger partial charge on any atom is 0.308 e. The first-order chi connectivity index (χ1) is 14.7. The average Bonchev–Trinajstić information content (AvgIpc) is 3.32. The van der Waals surface area contributed by atoms with Gasteiger partial charge in [-0.05, 0) is 39.5 Å². The van der Waals surface area contributed by atoms with Crippen LogP contribution in [0.4, 0.5) is 0 Å². The lowest BCUT2D eigenvalue weighted by Gasteiger charge is -2.42. The number of rotatable bonds is 7. The molecule has 31 heavy (non-hydrogen) atoms. The lowest BCUT2D eigenvalue weighted by atomic mass is 9.66. The summed E-state index contributed by atoms with van der Waals surface area (Å²) in [7, 11) is 0. The zero-order valence-corrected chi connectivity index (χ0v) is 19.3. The maximum atomic E-state index is 14.2. The summed E-state index contributed by atoms with van der Waals surface area (Å²) in [5, 5.41) is 19.9. The molecule has 2 bridgehead atoms. The van der Waals surface area contributed by atoms with Gasteiger partial charge in [-0.1, -0.05) is 25.3 Å². The fraction of sp³-hybridized carbons (Fsp3) is 0.783. The third-order valence-corrected chi connectivity index (χ3v) is 10.1. The van der Waals surface area contributed by atoms with E-state index in [4.69, 9.17) is 0 Å². The van der Waals surface area contributed by atoms with Crippen LogP contribution in [0.3, 0.4) is 0 Å². The van der Waals surface area contributed by atoms with Gasteiger partial charge < -0.3 is 20.0 Å². The van der Waals surface area contributed by atoms with Crippen LogP contribution in [0.5, 0.6) is 0 Å². The van der Waals surface area contributed by atoms with E-state index in [1.807, 2.05) is 11.8 Å². The van der Waals surface area contributed by atoms with Crippen LogP contribution in [-0.2, 0) is 14.4 Å². The summed E-state index contributed by atoms with van der Waals surface area (Å²) in [5.74, 6) is -2.90. The summed E-state index contributed by atoms with van der Waals surface area (Å²) in [6.45, 7) is 7.68. The molecule has 4 fully saturated rings. The molecule has 4 rings (SSSR count). The van der Waals surface area contributed by atoms with Gasteiger partial charge in [0, 0.05) is 17.3 Å². The summed E-state index contributed by atoms with van der Waals surface area (Å²) < 4.78 is -1.29. The Hall–Kier alpha value is -1.54. The molecule has 3 heterocycles. The molecule has 1 aliphatic carbocycles. The van der Waals surface area contributed by atoms with Crippen LogP contribution in [0.15, 0.2) is 12.7 Å². The molecule has 6 atom stereocenters. The van der Waals surface area contributed by atoms with Crippen molar-refractivity contribution in [1.29, 1.82) is 0 Å². The van der Waals surface area contributed by atoms with E-state index < -0.39 is 39.4 Å². The Balaban J connectivity index is 1.78. The van der Waals surface area contributed by atoms with Gasteiger partial charge in [0.25, 0.3) is 0 Å². The molecule has 8 heteroatoms. The molecule has 2 unspecified atom stereocenters. The number of aliphatic hydroxyl groups excluding tert-OH is 1. The number of carboxylic acids is 1. The lowest BCUT2D eigenvalue weighted by molar-refractivity contribution is -0.151. The van der Waals surface area contributed by atoms with Crippen molar-refractivity contribution in [1.82, 2.24) is 9.80 Å². The molecule has 4 aliphatic rings. The minimum Gasteiger partial charge on any atom is -0.481 e. The van der Waals surface area contributed by atoms with Crippen LogP contribution in [0, 0.1) is 11.8 Å². The number of hydrogen-bond acceptors (Lipinski definition) is 5. The molecule has 2 amide bonds. The largest absolute Gasteiger partial charge is 0.481 e. The quantitative estimate of drug-likeness (QED) is 0.578.